The Labute approximate surface area is 148 Å². The zero-order valence-electron chi connectivity index (χ0n) is 14.2. The van der Waals surface area contributed by atoms with Gasteiger partial charge in [-0.25, -0.2) is 9.59 Å². The van der Waals surface area contributed by atoms with Gasteiger partial charge in [-0.15, -0.1) is 0 Å². The number of phenols is 1. The van der Waals surface area contributed by atoms with Crippen molar-refractivity contribution in [2.45, 2.75) is 13.5 Å². The summed E-state index contributed by atoms with van der Waals surface area (Å²) < 4.78 is 15.4. The number of methoxy groups -OCH3 is 1. The molecule has 0 radical (unpaired) electrons. The maximum absolute atomic E-state index is 12.1. The average molecular weight is 355 g/mol. The van der Waals surface area contributed by atoms with E-state index in [0.717, 1.165) is 5.56 Å². The Morgan fingerprint density at radius 2 is 1.96 bits per heavy atom. The van der Waals surface area contributed by atoms with E-state index in [0.29, 0.717) is 10.9 Å². The summed E-state index contributed by atoms with van der Waals surface area (Å²) in [6, 6.07) is 12.1. The number of nitrogens with one attached hydrogen (secondary N) is 1. The molecule has 0 fully saturated rings. The number of benzene rings is 2. The van der Waals surface area contributed by atoms with Gasteiger partial charge in [0.15, 0.2) is 11.5 Å². The molecule has 7 heteroatoms. The van der Waals surface area contributed by atoms with Crippen LogP contribution >= 0.6 is 0 Å². The normalized spacial score (nSPS) is 10.5. The van der Waals surface area contributed by atoms with Crippen LogP contribution in [0.25, 0.3) is 11.0 Å². The molecule has 1 heterocycles. The summed E-state index contributed by atoms with van der Waals surface area (Å²) in [4.78, 5) is 24.1. The van der Waals surface area contributed by atoms with Crippen LogP contribution in [0.15, 0.2) is 51.7 Å². The molecule has 1 amide bonds. The van der Waals surface area contributed by atoms with E-state index in [1.165, 1.54) is 19.2 Å². The van der Waals surface area contributed by atoms with E-state index >= 15 is 0 Å². The minimum Gasteiger partial charge on any atom is -0.504 e. The number of hydrogen-bond acceptors (Lipinski definition) is 6. The molecular weight excluding hydrogens is 338 g/mol. The molecule has 0 saturated carbocycles. The fraction of sp³-hybridized carbons (Fsp3) is 0.158. The summed E-state index contributed by atoms with van der Waals surface area (Å²) in [5, 5.41) is 12.9. The molecule has 26 heavy (non-hydrogen) atoms. The van der Waals surface area contributed by atoms with Crippen LogP contribution < -0.4 is 15.7 Å². The summed E-state index contributed by atoms with van der Waals surface area (Å²) in [6.45, 7) is 1.68. The highest BCUT2D eigenvalue weighted by Crippen LogP contribution is 2.35. The third kappa shape index (κ3) is 3.46. The lowest BCUT2D eigenvalue weighted by molar-refractivity contribution is 0.155. The van der Waals surface area contributed by atoms with Crippen LogP contribution in [0.1, 0.15) is 11.1 Å². The summed E-state index contributed by atoms with van der Waals surface area (Å²) in [5.41, 5.74) is 0.597. The van der Waals surface area contributed by atoms with Crippen LogP contribution in [0.4, 0.5) is 10.5 Å². The average Bonchev–Trinajstić information content (AvgIpc) is 2.65. The summed E-state index contributed by atoms with van der Waals surface area (Å²) in [5.74, 6) is 0.132. The topological polar surface area (TPSA) is 98.0 Å². The third-order valence-corrected chi connectivity index (χ3v) is 3.86. The predicted octanol–water partition coefficient (Wildman–Crippen LogP) is 3.56. The number of aromatic hydroxyl groups is 1. The molecule has 134 valence electrons. The molecule has 0 aliphatic heterocycles. The summed E-state index contributed by atoms with van der Waals surface area (Å²) in [6.07, 6.45) is -0.775. The second-order valence-electron chi connectivity index (χ2n) is 5.61. The first kappa shape index (κ1) is 17.3. The molecule has 0 spiro atoms. The number of carbonyl (C=O) groups is 1. The molecule has 3 aromatic rings. The Bertz CT molecular complexity index is 1010. The monoisotopic (exact) mass is 355 g/mol. The lowest BCUT2D eigenvalue weighted by atomic mass is 10.1. The predicted molar refractivity (Wildman–Crippen MR) is 95.7 cm³/mol. The number of rotatable bonds is 4. The van der Waals surface area contributed by atoms with Crippen LogP contribution in [0.2, 0.25) is 0 Å². The zero-order chi connectivity index (χ0) is 18.7. The molecule has 7 nitrogen and oxygen atoms in total. The van der Waals surface area contributed by atoms with Crippen LogP contribution in [-0.4, -0.2) is 18.3 Å². The molecular formula is C19H17NO6. The van der Waals surface area contributed by atoms with Crippen molar-refractivity contribution in [2.75, 3.05) is 12.4 Å². The first-order chi connectivity index (χ1) is 12.5. The van der Waals surface area contributed by atoms with E-state index < -0.39 is 11.7 Å². The maximum atomic E-state index is 12.1. The van der Waals surface area contributed by atoms with E-state index in [4.69, 9.17) is 13.9 Å². The van der Waals surface area contributed by atoms with Crippen molar-refractivity contribution in [2.24, 2.45) is 0 Å². The number of aryl methyl sites for hydroxylation is 1. The molecule has 0 atom stereocenters. The van der Waals surface area contributed by atoms with Gasteiger partial charge in [0, 0.05) is 10.9 Å². The summed E-state index contributed by atoms with van der Waals surface area (Å²) >= 11 is 0. The molecule has 0 unspecified atom stereocenters. The van der Waals surface area contributed by atoms with Crippen LogP contribution in [0, 0.1) is 6.92 Å². The van der Waals surface area contributed by atoms with E-state index in [1.54, 1.807) is 6.92 Å². The minimum absolute atomic E-state index is 0.0669. The lowest BCUT2D eigenvalue weighted by Gasteiger charge is -2.10. The van der Waals surface area contributed by atoms with Crippen molar-refractivity contribution < 1.29 is 23.8 Å². The molecule has 1 aromatic heterocycles. The van der Waals surface area contributed by atoms with Gasteiger partial charge < -0.3 is 19.0 Å². The molecule has 2 N–H and O–H groups in total. The highest BCUT2D eigenvalue weighted by Gasteiger charge is 2.16. The number of amides is 1. The maximum Gasteiger partial charge on any atom is 0.412 e. The van der Waals surface area contributed by atoms with Gasteiger partial charge in [0.05, 0.1) is 7.11 Å². The first-order valence-electron chi connectivity index (χ1n) is 7.81. The largest absolute Gasteiger partial charge is 0.504 e. The number of ether oxygens (including phenoxy) is 2. The van der Waals surface area contributed by atoms with E-state index in [-0.39, 0.29) is 29.4 Å². The fourth-order valence-corrected chi connectivity index (χ4v) is 2.50. The van der Waals surface area contributed by atoms with Gasteiger partial charge in [0.25, 0.3) is 0 Å². The van der Waals surface area contributed by atoms with Crippen molar-refractivity contribution in [1.29, 1.82) is 0 Å². The van der Waals surface area contributed by atoms with Gasteiger partial charge in [-0.1, -0.05) is 30.3 Å². The second-order valence-corrected chi connectivity index (χ2v) is 5.61. The van der Waals surface area contributed by atoms with Gasteiger partial charge in [-0.3, -0.25) is 5.32 Å². The Morgan fingerprint density at radius 1 is 1.23 bits per heavy atom. The Morgan fingerprint density at radius 3 is 2.65 bits per heavy atom. The number of fused-ring (bicyclic) bond motifs is 1. The van der Waals surface area contributed by atoms with Crippen molar-refractivity contribution in [1.82, 2.24) is 0 Å². The van der Waals surface area contributed by atoms with E-state index in [1.807, 2.05) is 30.3 Å². The molecule has 0 bridgehead atoms. The van der Waals surface area contributed by atoms with Gasteiger partial charge in [0.1, 0.15) is 17.9 Å². The van der Waals surface area contributed by atoms with Crippen LogP contribution in [0.3, 0.4) is 0 Å². The van der Waals surface area contributed by atoms with Crippen LogP contribution in [-0.2, 0) is 11.3 Å². The van der Waals surface area contributed by atoms with Crippen molar-refractivity contribution >= 4 is 22.7 Å². The smallest absolute Gasteiger partial charge is 0.412 e. The Kier molecular flexibility index (Phi) is 4.79. The van der Waals surface area contributed by atoms with Crippen LogP contribution in [0.5, 0.6) is 11.5 Å². The van der Waals surface area contributed by atoms with Crippen molar-refractivity contribution in [3.63, 3.8) is 0 Å². The Balaban J connectivity index is 1.83. The SMILES string of the molecule is COc1cc2cc(NC(=O)OCc3ccccc3)c(=O)oc2c(C)c1O. The number of phenolic OH excluding ortho intramolecular Hbond substituents is 1. The highest BCUT2D eigenvalue weighted by atomic mass is 16.5. The van der Waals surface area contributed by atoms with Gasteiger partial charge in [-0.05, 0) is 24.6 Å². The molecule has 0 aliphatic carbocycles. The molecule has 2 aromatic carbocycles. The van der Waals surface area contributed by atoms with E-state index in [9.17, 15) is 14.7 Å². The summed E-state index contributed by atoms with van der Waals surface area (Å²) in [7, 11) is 1.42. The van der Waals surface area contributed by atoms with E-state index in [2.05, 4.69) is 5.32 Å². The number of anilines is 1. The highest BCUT2D eigenvalue weighted by molar-refractivity contribution is 5.90. The molecule has 0 aliphatic rings. The molecule has 3 rings (SSSR count). The standard InChI is InChI=1S/C19H17NO6/c1-11-16(21)15(24-2)9-13-8-14(18(22)26-17(11)13)20-19(23)25-10-12-6-4-3-5-7-12/h3-9,21H,10H2,1-2H3,(H,20,23). The number of carbonyl (C=O) groups excluding carboxylic acids is 1. The fourth-order valence-electron chi connectivity index (χ4n) is 2.50. The quantitative estimate of drug-likeness (QED) is 0.695. The van der Waals surface area contributed by atoms with Gasteiger partial charge in [-0.2, -0.15) is 0 Å². The van der Waals surface area contributed by atoms with Gasteiger partial charge >= 0.3 is 11.7 Å². The lowest BCUT2D eigenvalue weighted by Crippen LogP contribution is -2.18. The third-order valence-electron chi connectivity index (χ3n) is 3.86. The van der Waals surface area contributed by atoms with Crippen molar-refractivity contribution in [3.05, 3.63) is 64.0 Å². The number of hydrogen-bond donors (Lipinski definition) is 2. The van der Waals surface area contributed by atoms with Crippen molar-refractivity contribution in [3.8, 4) is 11.5 Å². The Hall–Kier alpha value is -3.48. The minimum atomic E-state index is -0.775. The van der Waals surface area contributed by atoms with Gasteiger partial charge in [0.2, 0.25) is 0 Å². The first-order valence-corrected chi connectivity index (χ1v) is 7.81. The molecule has 0 saturated heterocycles. The second kappa shape index (κ2) is 7.18. The zero-order valence-corrected chi connectivity index (χ0v) is 14.2.